The molecule has 2 aromatic heterocycles. The Bertz CT molecular complexity index is 937. The number of nitrogens with zero attached hydrogens (tertiary/aromatic N) is 6. The van der Waals surface area contributed by atoms with Gasteiger partial charge in [0, 0.05) is 32.4 Å². The van der Waals surface area contributed by atoms with Crippen molar-refractivity contribution in [3.63, 3.8) is 0 Å². The van der Waals surface area contributed by atoms with Crippen molar-refractivity contribution in [2.45, 2.75) is 75.4 Å². The van der Waals surface area contributed by atoms with E-state index in [0.717, 1.165) is 32.4 Å². The number of rotatable bonds is 3. The van der Waals surface area contributed by atoms with Crippen molar-refractivity contribution < 1.29 is 18.0 Å². The van der Waals surface area contributed by atoms with Gasteiger partial charge in [-0.1, -0.05) is 69.2 Å². The molecule has 1 amide bonds. The minimum Gasteiger partial charge on any atom is -0.364 e. The van der Waals surface area contributed by atoms with Gasteiger partial charge in [-0.25, -0.2) is 19.9 Å². The number of anilines is 2. The highest BCUT2D eigenvalue weighted by atomic mass is 19.4. The summed E-state index contributed by atoms with van der Waals surface area (Å²) in [5, 5.41) is 0. The zero-order valence-corrected chi connectivity index (χ0v) is 25.3. The zero-order chi connectivity index (χ0) is 30.3. The lowest BCUT2D eigenvalue weighted by Gasteiger charge is -2.16. The van der Waals surface area contributed by atoms with Crippen LogP contribution in [0.5, 0.6) is 0 Å². The largest absolute Gasteiger partial charge is 0.434 e. The van der Waals surface area contributed by atoms with Gasteiger partial charge in [-0.3, -0.25) is 4.79 Å². The molecule has 2 saturated heterocycles. The number of hydrogen-bond donors (Lipinski definition) is 1. The number of amides is 1. The molecule has 2 aliphatic rings. The summed E-state index contributed by atoms with van der Waals surface area (Å²) in [5.74, 6) is 2.92. The fourth-order valence-corrected chi connectivity index (χ4v) is 3.88. The van der Waals surface area contributed by atoms with Crippen LogP contribution in [0.4, 0.5) is 24.9 Å². The quantitative estimate of drug-likeness (QED) is 0.472. The van der Waals surface area contributed by atoms with Crippen molar-refractivity contribution in [1.29, 1.82) is 0 Å². The summed E-state index contributed by atoms with van der Waals surface area (Å²) >= 11 is 0. The lowest BCUT2D eigenvalue weighted by molar-refractivity contribution is -0.141. The maximum absolute atomic E-state index is 12.3. The molecule has 0 aliphatic carbocycles. The predicted molar refractivity (Wildman–Crippen MR) is 153 cm³/mol. The Morgan fingerprint density at radius 2 is 1.26 bits per heavy atom. The second-order valence-electron chi connectivity index (χ2n) is 9.08. The van der Waals surface area contributed by atoms with Crippen molar-refractivity contribution in [1.82, 2.24) is 19.9 Å². The van der Waals surface area contributed by atoms with Gasteiger partial charge in [-0.2, -0.15) is 13.2 Å². The minimum atomic E-state index is -4.42. The molecule has 4 unspecified atom stereocenters. The van der Waals surface area contributed by atoms with E-state index < -0.39 is 17.8 Å². The molecule has 2 fully saturated rings. The van der Waals surface area contributed by atoms with Crippen LogP contribution in [-0.2, 0) is 6.18 Å². The molecule has 0 aromatic carbocycles. The van der Waals surface area contributed by atoms with Gasteiger partial charge in [0.1, 0.15) is 11.5 Å². The van der Waals surface area contributed by atoms with E-state index in [-0.39, 0.29) is 5.69 Å². The number of aromatic nitrogens is 4. The molecule has 4 atom stereocenters. The average molecular weight is 556 g/mol. The van der Waals surface area contributed by atoms with Crippen molar-refractivity contribution in [3.8, 4) is 0 Å². The first kappa shape index (κ1) is 36.0. The van der Waals surface area contributed by atoms with Gasteiger partial charge >= 0.3 is 6.18 Å². The third-order valence-electron chi connectivity index (χ3n) is 6.41. The van der Waals surface area contributed by atoms with Crippen LogP contribution in [-0.4, -0.2) is 52.0 Å². The number of carbonyl (C=O) groups excluding carboxylic acids is 1. The van der Waals surface area contributed by atoms with E-state index in [4.69, 9.17) is 5.73 Å². The molecule has 39 heavy (non-hydrogen) atoms. The lowest BCUT2D eigenvalue weighted by Crippen LogP contribution is -2.24. The summed E-state index contributed by atoms with van der Waals surface area (Å²) in [6, 6.07) is 1.54. The first-order chi connectivity index (χ1) is 18.5. The minimum absolute atomic E-state index is 0.275. The highest BCUT2D eigenvalue weighted by Crippen LogP contribution is 2.29. The molecule has 4 heterocycles. The molecule has 2 N–H and O–H groups in total. The van der Waals surface area contributed by atoms with E-state index in [9.17, 15) is 18.0 Å². The Morgan fingerprint density at radius 3 is 1.64 bits per heavy atom. The third kappa shape index (κ3) is 11.0. The van der Waals surface area contributed by atoms with Crippen molar-refractivity contribution >= 4 is 17.7 Å². The standard InChI is InChI=1S/C11H14F3N3.C11H16N4O.3C2H6/c1-7-5-17(6-8(7)2)10-4-15-9(3-16-10)11(12,13)14;1-7-5-15(6-8(7)2)11-13-4-3-9(14-11)10(12)16;3*1-2/h3-4,7-8H,5-6H2,1-2H3;3-4,7-8H,5-6H2,1-2H3,(H2,12,16);3*1-2H3. The van der Waals surface area contributed by atoms with Crippen LogP contribution in [0.25, 0.3) is 0 Å². The Hall–Kier alpha value is -2.98. The molecule has 222 valence electrons. The third-order valence-corrected chi connectivity index (χ3v) is 6.41. The Kier molecular flexibility index (Phi) is 16.2. The molecule has 0 bridgehead atoms. The smallest absolute Gasteiger partial charge is 0.364 e. The van der Waals surface area contributed by atoms with Crippen LogP contribution < -0.4 is 15.5 Å². The SMILES string of the molecule is CC.CC.CC.CC1CN(c2cnc(C(F)(F)F)cn2)CC1C.CC1CN(c2nccc(C(N)=O)n2)CC1C. The normalized spacial score (nSPS) is 21.7. The Labute approximate surface area is 232 Å². The first-order valence-electron chi connectivity index (χ1n) is 14.0. The second kappa shape index (κ2) is 17.6. The second-order valence-corrected chi connectivity index (χ2v) is 9.08. The molecular formula is C28H48F3N7O. The number of primary amides is 1. The number of halogens is 3. The fraction of sp³-hybridized carbons (Fsp3) is 0.679. The summed E-state index contributed by atoms with van der Waals surface area (Å²) in [6.45, 7) is 24.2. The van der Waals surface area contributed by atoms with Crippen LogP contribution in [0.15, 0.2) is 24.7 Å². The van der Waals surface area contributed by atoms with E-state index in [1.54, 1.807) is 6.20 Å². The Morgan fingerprint density at radius 1 is 0.795 bits per heavy atom. The summed E-state index contributed by atoms with van der Waals surface area (Å²) in [5.41, 5.74) is 4.52. The molecule has 2 aliphatic heterocycles. The monoisotopic (exact) mass is 555 g/mol. The number of nitrogens with two attached hydrogens (primary N) is 1. The highest BCUT2D eigenvalue weighted by Gasteiger charge is 2.34. The van der Waals surface area contributed by atoms with Crippen LogP contribution >= 0.6 is 0 Å². The summed E-state index contributed by atoms with van der Waals surface area (Å²) in [6.07, 6.45) is -0.843. The molecular weight excluding hydrogens is 507 g/mol. The molecule has 11 heteroatoms. The molecule has 8 nitrogen and oxygen atoms in total. The van der Waals surface area contributed by atoms with Crippen LogP contribution in [0.1, 0.15) is 85.4 Å². The van der Waals surface area contributed by atoms with Gasteiger partial charge in [0.2, 0.25) is 5.95 Å². The Balaban J connectivity index is 0.000000623. The predicted octanol–water partition coefficient (Wildman–Crippen LogP) is 6.33. The van der Waals surface area contributed by atoms with E-state index in [2.05, 4.69) is 52.5 Å². The van der Waals surface area contributed by atoms with Crippen LogP contribution in [0.2, 0.25) is 0 Å². The zero-order valence-electron chi connectivity index (χ0n) is 25.3. The molecule has 0 radical (unpaired) electrons. The maximum atomic E-state index is 12.3. The van der Waals surface area contributed by atoms with Gasteiger partial charge in [0.05, 0.1) is 12.4 Å². The molecule has 2 aromatic rings. The number of carbonyl (C=O) groups is 1. The van der Waals surface area contributed by atoms with Crippen molar-refractivity contribution in [2.24, 2.45) is 29.4 Å². The van der Waals surface area contributed by atoms with Gasteiger partial charge in [-0.15, -0.1) is 0 Å². The van der Waals surface area contributed by atoms with E-state index >= 15 is 0 Å². The highest BCUT2D eigenvalue weighted by molar-refractivity contribution is 5.90. The first-order valence-corrected chi connectivity index (χ1v) is 14.0. The van der Waals surface area contributed by atoms with Crippen molar-refractivity contribution in [2.75, 3.05) is 36.0 Å². The fourth-order valence-electron chi connectivity index (χ4n) is 3.88. The molecule has 0 spiro atoms. The molecule has 4 rings (SSSR count). The van der Waals surface area contributed by atoms with Crippen molar-refractivity contribution in [3.05, 3.63) is 36.0 Å². The number of hydrogen-bond acceptors (Lipinski definition) is 7. The summed E-state index contributed by atoms with van der Waals surface area (Å²) in [7, 11) is 0. The van der Waals surface area contributed by atoms with Crippen LogP contribution in [0.3, 0.4) is 0 Å². The topological polar surface area (TPSA) is 101 Å². The van der Waals surface area contributed by atoms with Crippen LogP contribution in [0, 0.1) is 23.7 Å². The van der Waals surface area contributed by atoms with Gasteiger partial charge in [0.15, 0.2) is 5.69 Å². The van der Waals surface area contributed by atoms with Gasteiger partial charge < -0.3 is 15.5 Å². The van der Waals surface area contributed by atoms with Gasteiger partial charge in [0.25, 0.3) is 5.91 Å². The lowest BCUT2D eigenvalue weighted by atomic mass is 10.0. The van der Waals surface area contributed by atoms with Gasteiger partial charge in [-0.05, 0) is 29.7 Å². The van der Waals surface area contributed by atoms with E-state index in [0.29, 0.717) is 35.4 Å². The molecule has 0 saturated carbocycles. The summed E-state index contributed by atoms with van der Waals surface area (Å²) in [4.78, 5) is 30.7. The van der Waals surface area contributed by atoms with E-state index in [1.807, 2.05) is 46.4 Å². The number of alkyl halides is 3. The summed E-state index contributed by atoms with van der Waals surface area (Å²) < 4.78 is 36.9. The average Bonchev–Trinajstić information content (AvgIpc) is 3.47. The van der Waals surface area contributed by atoms with E-state index in [1.165, 1.54) is 12.3 Å². The maximum Gasteiger partial charge on any atom is 0.434 e.